The average Bonchev–Trinajstić information content (AvgIpc) is 2.59. The number of benzene rings is 2. The normalized spacial score (nSPS) is 9.88. The van der Waals surface area contributed by atoms with E-state index in [-0.39, 0.29) is 18.9 Å². The number of rotatable bonds is 7. The lowest BCUT2D eigenvalue weighted by atomic mass is 10.1. The Balaban J connectivity index is 2.16. The van der Waals surface area contributed by atoms with Gasteiger partial charge < -0.3 is 14.8 Å². The van der Waals surface area contributed by atoms with Gasteiger partial charge in [-0.2, -0.15) is 5.26 Å². The molecule has 0 saturated heterocycles. The van der Waals surface area contributed by atoms with Gasteiger partial charge in [0.2, 0.25) is 5.91 Å². The third-order valence-corrected chi connectivity index (χ3v) is 3.63. The molecular weight excluding hydrogens is 304 g/mol. The summed E-state index contributed by atoms with van der Waals surface area (Å²) in [4.78, 5) is 11.5. The monoisotopic (exact) mass is 324 g/mol. The molecule has 5 heteroatoms. The number of aryl methyl sites for hydroxylation is 1. The van der Waals surface area contributed by atoms with Crippen LogP contribution < -0.4 is 14.8 Å². The van der Waals surface area contributed by atoms with Gasteiger partial charge in [0, 0.05) is 12.1 Å². The van der Waals surface area contributed by atoms with Crippen molar-refractivity contribution in [2.75, 3.05) is 7.11 Å². The number of nitrogens with zero attached hydrogens (tertiary/aromatic N) is 1. The van der Waals surface area contributed by atoms with Crippen LogP contribution in [0.25, 0.3) is 0 Å². The zero-order valence-corrected chi connectivity index (χ0v) is 13.8. The highest BCUT2D eigenvalue weighted by atomic mass is 16.5. The van der Waals surface area contributed by atoms with Gasteiger partial charge in [-0.05, 0) is 24.1 Å². The summed E-state index contributed by atoms with van der Waals surface area (Å²) < 4.78 is 11.3. The fourth-order valence-corrected chi connectivity index (χ4v) is 2.28. The minimum absolute atomic E-state index is 0.163. The van der Waals surface area contributed by atoms with Crippen LogP contribution in [-0.4, -0.2) is 13.0 Å². The molecule has 2 aromatic rings. The molecule has 0 spiro atoms. The summed E-state index contributed by atoms with van der Waals surface area (Å²) in [7, 11) is 1.58. The molecule has 2 rings (SSSR count). The Morgan fingerprint density at radius 3 is 2.62 bits per heavy atom. The van der Waals surface area contributed by atoms with Crippen molar-refractivity contribution in [2.45, 2.75) is 26.5 Å². The average molecular weight is 324 g/mol. The number of hydrogen-bond donors (Lipinski definition) is 1. The topological polar surface area (TPSA) is 71.3 Å². The van der Waals surface area contributed by atoms with Gasteiger partial charge in [0.05, 0.1) is 13.2 Å². The lowest BCUT2D eigenvalue weighted by Crippen LogP contribution is -2.22. The Morgan fingerprint density at radius 1 is 1.17 bits per heavy atom. The van der Waals surface area contributed by atoms with Crippen molar-refractivity contribution in [1.82, 2.24) is 5.32 Å². The Morgan fingerprint density at radius 2 is 1.92 bits per heavy atom. The number of carbonyl (C=O) groups is 1. The number of hydrogen-bond acceptors (Lipinski definition) is 4. The van der Waals surface area contributed by atoms with Crippen molar-refractivity contribution in [1.29, 1.82) is 5.26 Å². The summed E-state index contributed by atoms with van der Waals surface area (Å²) in [6, 6.07) is 15.3. The van der Waals surface area contributed by atoms with Gasteiger partial charge in [0.15, 0.2) is 11.5 Å². The van der Waals surface area contributed by atoms with Crippen LogP contribution >= 0.6 is 0 Å². The number of carbonyl (C=O) groups excluding carboxylic acids is 1. The number of methoxy groups -OCH3 is 1. The fraction of sp³-hybridized carbons (Fsp3) is 0.263. The third-order valence-electron chi connectivity index (χ3n) is 3.63. The van der Waals surface area contributed by atoms with E-state index < -0.39 is 0 Å². The first kappa shape index (κ1) is 17.4. The third kappa shape index (κ3) is 4.50. The molecule has 0 aromatic heterocycles. The molecule has 0 aliphatic heterocycles. The molecule has 0 aliphatic carbocycles. The predicted octanol–water partition coefficient (Wildman–Crippen LogP) is 3.11. The summed E-state index contributed by atoms with van der Waals surface area (Å²) in [5.41, 5.74) is 3.04. The zero-order valence-electron chi connectivity index (χ0n) is 13.8. The maximum atomic E-state index is 11.5. The van der Waals surface area contributed by atoms with Crippen LogP contribution in [0.3, 0.4) is 0 Å². The SMILES string of the molecule is COc1cccc(CNC(=O)CC#N)c1OCc1ccccc1C. The number of nitriles is 1. The van der Waals surface area contributed by atoms with Crippen molar-refractivity contribution < 1.29 is 14.3 Å². The molecule has 0 radical (unpaired) electrons. The number of nitrogens with one attached hydrogen (secondary N) is 1. The molecule has 0 fully saturated rings. The molecule has 0 unspecified atom stereocenters. The summed E-state index contributed by atoms with van der Waals surface area (Å²) >= 11 is 0. The second-order valence-electron chi connectivity index (χ2n) is 5.28. The Bertz CT molecular complexity index is 751. The van der Waals surface area contributed by atoms with Crippen LogP contribution in [0.15, 0.2) is 42.5 Å². The number of ether oxygens (including phenoxy) is 2. The van der Waals surface area contributed by atoms with E-state index in [1.807, 2.05) is 55.5 Å². The Labute approximate surface area is 141 Å². The molecule has 0 atom stereocenters. The van der Waals surface area contributed by atoms with Gasteiger partial charge in [0.1, 0.15) is 13.0 Å². The maximum Gasteiger partial charge on any atom is 0.234 e. The first-order valence-electron chi connectivity index (χ1n) is 7.62. The van der Waals surface area contributed by atoms with E-state index in [1.165, 1.54) is 0 Å². The number of para-hydroxylation sites is 1. The smallest absolute Gasteiger partial charge is 0.234 e. The van der Waals surface area contributed by atoms with Gasteiger partial charge >= 0.3 is 0 Å². The Kier molecular flexibility index (Phi) is 6.21. The van der Waals surface area contributed by atoms with Crippen LogP contribution in [0.4, 0.5) is 0 Å². The first-order chi connectivity index (χ1) is 11.7. The van der Waals surface area contributed by atoms with Crippen LogP contribution in [0.2, 0.25) is 0 Å². The molecule has 5 nitrogen and oxygen atoms in total. The predicted molar refractivity (Wildman–Crippen MR) is 90.6 cm³/mol. The van der Waals surface area contributed by atoms with Crippen molar-refractivity contribution in [2.24, 2.45) is 0 Å². The van der Waals surface area contributed by atoms with Gasteiger partial charge in [-0.25, -0.2) is 0 Å². The van der Waals surface area contributed by atoms with Gasteiger partial charge in [-0.3, -0.25) is 4.79 Å². The highest BCUT2D eigenvalue weighted by molar-refractivity contribution is 5.78. The molecule has 2 aromatic carbocycles. The molecule has 0 bridgehead atoms. The summed E-state index contributed by atoms with van der Waals surface area (Å²) in [5, 5.41) is 11.3. The minimum atomic E-state index is -0.315. The molecular formula is C19H20N2O3. The fourth-order valence-electron chi connectivity index (χ4n) is 2.28. The van der Waals surface area contributed by atoms with Crippen LogP contribution in [0, 0.1) is 18.3 Å². The lowest BCUT2D eigenvalue weighted by Gasteiger charge is -2.16. The number of amides is 1. The molecule has 0 aliphatic rings. The van der Waals surface area contributed by atoms with E-state index >= 15 is 0 Å². The van der Waals surface area contributed by atoms with Crippen LogP contribution in [0.5, 0.6) is 11.5 Å². The second-order valence-corrected chi connectivity index (χ2v) is 5.28. The van der Waals surface area contributed by atoms with Crippen LogP contribution in [0.1, 0.15) is 23.1 Å². The molecule has 1 N–H and O–H groups in total. The maximum absolute atomic E-state index is 11.5. The molecule has 24 heavy (non-hydrogen) atoms. The van der Waals surface area contributed by atoms with Crippen molar-refractivity contribution in [3.63, 3.8) is 0 Å². The zero-order chi connectivity index (χ0) is 17.4. The van der Waals surface area contributed by atoms with Crippen molar-refractivity contribution >= 4 is 5.91 Å². The quantitative estimate of drug-likeness (QED) is 0.849. The second kappa shape index (κ2) is 8.59. The Hall–Kier alpha value is -3.00. The first-order valence-corrected chi connectivity index (χ1v) is 7.62. The van der Waals surface area contributed by atoms with Gasteiger partial charge in [-0.1, -0.05) is 36.4 Å². The largest absolute Gasteiger partial charge is 0.493 e. The van der Waals surface area contributed by atoms with E-state index in [2.05, 4.69) is 5.32 Å². The van der Waals surface area contributed by atoms with Gasteiger partial charge in [0.25, 0.3) is 0 Å². The van der Waals surface area contributed by atoms with E-state index in [0.29, 0.717) is 18.1 Å². The standard InChI is InChI=1S/C19H20N2O3/c1-14-6-3-4-7-16(14)13-24-19-15(8-5-9-17(19)23-2)12-21-18(22)10-11-20/h3-9H,10,12-13H2,1-2H3,(H,21,22). The molecule has 0 saturated carbocycles. The molecule has 124 valence electrons. The van der Waals surface area contributed by atoms with E-state index in [4.69, 9.17) is 14.7 Å². The lowest BCUT2D eigenvalue weighted by molar-refractivity contribution is -0.120. The molecule has 0 heterocycles. The van der Waals surface area contributed by atoms with Gasteiger partial charge in [-0.15, -0.1) is 0 Å². The van der Waals surface area contributed by atoms with E-state index in [1.54, 1.807) is 7.11 Å². The summed E-state index contributed by atoms with van der Waals surface area (Å²) in [5.74, 6) is 0.890. The van der Waals surface area contributed by atoms with Crippen molar-refractivity contribution in [3.8, 4) is 17.6 Å². The van der Waals surface area contributed by atoms with E-state index in [9.17, 15) is 4.79 Å². The van der Waals surface area contributed by atoms with Crippen molar-refractivity contribution in [3.05, 3.63) is 59.2 Å². The van der Waals surface area contributed by atoms with E-state index in [0.717, 1.165) is 16.7 Å². The van der Waals surface area contributed by atoms with Crippen LogP contribution in [-0.2, 0) is 17.9 Å². The summed E-state index contributed by atoms with van der Waals surface area (Å²) in [6.45, 7) is 2.72. The highest BCUT2D eigenvalue weighted by Crippen LogP contribution is 2.32. The minimum Gasteiger partial charge on any atom is -0.493 e. The molecule has 1 amide bonds. The summed E-state index contributed by atoms with van der Waals surface area (Å²) in [6.07, 6.45) is -0.163. The highest BCUT2D eigenvalue weighted by Gasteiger charge is 2.12.